The molecule has 1 fully saturated rings. The van der Waals surface area contributed by atoms with E-state index in [0.717, 1.165) is 35.9 Å². The molecule has 1 heterocycles. The Bertz CT molecular complexity index is 1330. The number of hydrogen-bond donors (Lipinski definition) is 0. The van der Waals surface area contributed by atoms with Crippen molar-refractivity contribution in [3.05, 3.63) is 64.2 Å². The molecule has 0 bridgehead atoms. The minimum absolute atomic E-state index is 0.0200. The summed E-state index contributed by atoms with van der Waals surface area (Å²) in [5.74, 6) is -2.66. The van der Waals surface area contributed by atoms with Crippen LogP contribution in [0.1, 0.15) is 15.9 Å². The van der Waals surface area contributed by atoms with Crippen molar-refractivity contribution in [2.24, 2.45) is 0 Å². The first-order valence-electron chi connectivity index (χ1n) is 10.8. The van der Waals surface area contributed by atoms with E-state index in [1.807, 2.05) is 4.90 Å². The van der Waals surface area contributed by atoms with Gasteiger partial charge in [0, 0.05) is 38.3 Å². The molecular formula is C22H26ClF2N3O6S2. The fourth-order valence-corrected chi connectivity index (χ4v) is 6.19. The molecule has 0 amide bonds. The van der Waals surface area contributed by atoms with E-state index in [9.17, 15) is 30.4 Å². The Kier molecular flexibility index (Phi) is 8.93. The third-order valence-electron chi connectivity index (χ3n) is 5.78. The summed E-state index contributed by atoms with van der Waals surface area (Å²) in [5.41, 5.74) is -0.0144. The Morgan fingerprint density at radius 2 is 1.69 bits per heavy atom. The number of carbonyl (C=O) groups excluding carboxylic acids is 1. The highest BCUT2D eigenvalue weighted by Crippen LogP contribution is 2.27. The maximum Gasteiger partial charge on any atom is 0.337 e. The molecular weight excluding hydrogens is 540 g/mol. The second kappa shape index (κ2) is 11.4. The molecule has 3 rings (SSSR count). The second-order valence-corrected chi connectivity index (χ2v) is 12.6. The fourth-order valence-electron chi connectivity index (χ4n) is 3.70. The summed E-state index contributed by atoms with van der Waals surface area (Å²) in [6.45, 7) is 0.875. The van der Waals surface area contributed by atoms with E-state index in [2.05, 4.69) is 4.74 Å². The molecule has 0 radical (unpaired) electrons. The molecule has 9 nitrogen and oxygen atoms in total. The van der Waals surface area contributed by atoms with E-state index < -0.39 is 44.2 Å². The molecule has 36 heavy (non-hydrogen) atoms. The Morgan fingerprint density at radius 1 is 1.03 bits per heavy atom. The first kappa shape index (κ1) is 28.3. The number of halogens is 3. The second-order valence-electron chi connectivity index (χ2n) is 8.22. The van der Waals surface area contributed by atoms with Gasteiger partial charge in [-0.25, -0.2) is 30.4 Å². The van der Waals surface area contributed by atoms with Crippen molar-refractivity contribution in [3.8, 4) is 0 Å². The molecule has 14 heteroatoms. The van der Waals surface area contributed by atoms with Gasteiger partial charge in [-0.2, -0.15) is 4.31 Å². The molecule has 0 aromatic heterocycles. The predicted octanol–water partition coefficient (Wildman–Crippen LogP) is 2.32. The van der Waals surface area contributed by atoms with Gasteiger partial charge in [-0.3, -0.25) is 9.21 Å². The molecule has 2 aromatic carbocycles. The third-order valence-corrected chi connectivity index (χ3v) is 9.08. The van der Waals surface area contributed by atoms with Crippen LogP contribution in [0.4, 0.5) is 14.5 Å². The van der Waals surface area contributed by atoms with E-state index in [1.165, 1.54) is 22.5 Å². The van der Waals surface area contributed by atoms with Crippen LogP contribution < -0.4 is 4.31 Å². The highest BCUT2D eigenvalue weighted by molar-refractivity contribution is 7.92. The predicted molar refractivity (Wildman–Crippen MR) is 132 cm³/mol. The summed E-state index contributed by atoms with van der Waals surface area (Å²) >= 11 is 5.88. The van der Waals surface area contributed by atoms with Crippen molar-refractivity contribution in [2.45, 2.75) is 6.54 Å². The quantitative estimate of drug-likeness (QED) is 0.430. The lowest BCUT2D eigenvalue weighted by atomic mass is 10.1. The first-order chi connectivity index (χ1) is 16.8. The number of nitrogens with zero attached hydrogens (tertiary/aromatic N) is 3. The number of rotatable bonds is 9. The van der Waals surface area contributed by atoms with Crippen LogP contribution in [0.15, 0.2) is 36.4 Å². The number of benzene rings is 2. The van der Waals surface area contributed by atoms with E-state index in [1.54, 1.807) is 0 Å². The van der Waals surface area contributed by atoms with Crippen molar-refractivity contribution < 1.29 is 35.1 Å². The van der Waals surface area contributed by atoms with Crippen molar-refractivity contribution in [2.75, 3.05) is 56.1 Å². The van der Waals surface area contributed by atoms with Crippen molar-refractivity contribution in [3.63, 3.8) is 0 Å². The van der Waals surface area contributed by atoms with E-state index in [0.29, 0.717) is 13.1 Å². The van der Waals surface area contributed by atoms with Gasteiger partial charge in [0.15, 0.2) is 0 Å². The van der Waals surface area contributed by atoms with Gasteiger partial charge in [0.05, 0.1) is 41.9 Å². The Balaban J connectivity index is 1.83. The third kappa shape index (κ3) is 6.91. The standard InChI is InChI=1S/C22H26ClF2N3O6S2/c1-34-22(29)16-3-4-17(21(25)13-16)15-28(18-5-6-20(24)19(23)14-18)36(32,33)12-11-26-7-9-27(10-8-26)35(2,30)31/h3-6,13-14H,7-12,15H2,1-2H3. The van der Waals surface area contributed by atoms with Crippen LogP contribution in [-0.4, -0.2) is 83.9 Å². The summed E-state index contributed by atoms with van der Waals surface area (Å²) in [6, 6.07) is 6.92. The monoisotopic (exact) mass is 565 g/mol. The number of anilines is 1. The molecule has 1 saturated heterocycles. The van der Waals surface area contributed by atoms with Crippen molar-refractivity contribution in [1.29, 1.82) is 0 Å². The number of esters is 1. The fraction of sp³-hybridized carbons (Fsp3) is 0.409. The van der Waals surface area contributed by atoms with Crippen LogP contribution in [0.25, 0.3) is 0 Å². The number of piperazine rings is 1. The number of hydrogen-bond acceptors (Lipinski definition) is 7. The summed E-state index contributed by atoms with van der Waals surface area (Å²) in [7, 11) is -6.24. The van der Waals surface area contributed by atoms with E-state index in [4.69, 9.17) is 11.6 Å². The molecule has 1 aliphatic rings. The molecule has 2 aromatic rings. The van der Waals surface area contributed by atoms with Crippen LogP contribution in [0, 0.1) is 11.6 Å². The maximum absolute atomic E-state index is 14.8. The average molecular weight is 566 g/mol. The van der Waals surface area contributed by atoms with Gasteiger partial charge in [-0.15, -0.1) is 0 Å². The molecule has 0 spiro atoms. The summed E-state index contributed by atoms with van der Waals surface area (Å²) in [6.07, 6.45) is 1.12. The molecule has 0 aliphatic carbocycles. The molecule has 198 valence electrons. The lowest BCUT2D eigenvalue weighted by Crippen LogP contribution is -2.49. The largest absolute Gasteiger partial charge is 0.465 e. The molecule has 0 atom stereocenters. The van der Waals surface area contributed by atoms with Crippen molar-refractivity contribution in [1.82, 2.24) is 9.21 Å². The smallest absolute Gasteiger partial charge is 0.337 e. The minimum Gasteiger partial charge on any atom is -0.465 e. The summed E-state index contributed by atoms with van der Waals surface area (Å²) in [5, 5.41) is -0.300. The zero-order valence-electron chi connectivity index (χ0n) is 19.7. The van der Waals surface area contributed by atoms with Crippen LogP contribution in [-0.2, 0) is 31.3 Å². The maximum atomic E-state index is 14.8. The lowest BCUT2D eigenvalue weighted by Gasteiger charge is -2.33. The van der Waals surface area contributed by atoms with E-state index in [-0.39, 0.29) is 47.2 Å². The Morgan fingerprint density at radius 3 is 2.25 bits per heavy atom. The van der Waals surface area contributed by atoms with Crippen LogP contribution in [0.3, 0.4) is 0 Å². The van der Waals surface area contributed by atoms with Gasteiger partial charge in [0.1, 0.15) is 11.6 Å². The topological polar surface area (TPSA) is 104 Å². The lowest BCUT2D eigenvalue weighted by molar-refractivity contribution is 0.0600. The van der Waals surface area contributed by atoms with Gasteiger partial charge in [-0.1, -0.05) is 17.7 Å². The summed E-state index contributed by atoms with van der Waals surface area (Å²) in [4.78, 5) is 13.5. The summed E-state index contributed by atoms with van der Waals surface area (Å²) < 4.78 is 85.5. The van der Waals surface area contributed by atoms with Crippen LogP contribution in [0.2, 0.25) is 5.02 Å². The first-order valence-corrected chi connectivity index (χ1v) is 14.6. The van der Waals surface area contributed by atoms with Gasteiger partial charge in [0.2, 0.25) is 20.0 Å². The minimum atomic E-state index is -4.07. The molecule has 0 unspecified atom stereocenters. The normalized spacial score (nSPS) is 15.6. The highest BCUT2D eigenvalue weighted by Gasteiger charge is 2.28. The van der Waals surface area contributed by atoms with E-state index >= 15 is 0 Å². The number of methoxy groups -OCH3 is 1. The average Bonchev–Trinajstić information content (AvgIpc) is 2.83. The van der Waals surface area contributed by atoms with Crippen LogP contribution in [0.5, 0.6) is 0 Å². The molecule has 1 aliphatic heterocycles. The highest BCUT2D eigenvalue weighted by atomic mass is 35.5. The Labute approximate surface area is 214 Å². The van der Waals surface area contributed by atoms with Gasteiger partial charge < -0.3 is 4.74 Å². The van der Waals surface area contributed by atoms with Crippen molar-refractivity contribution >= 4 is 43.3 Å². The zero-order valence-corrected chi connectivity index (χ0v) is 22.0. The van der Waals surface area contributed by atoms with Crippen LogP contribution >= 0.6 is 11.6 Å². The van der Waals surface area contributed by atoms with Gasteiger partial charge in [0.25, 0.3) is 0 Å². The molecule has 0 N–H and O–H groups in total. The zero-order chi connectivity index (χ0) is 26.7. The number of sulfonamides is 2. The number of carbonyl (C=O) groups is 1. The number of ether oxygens (including phenoxy) is 1. The molecule has 0 saturated carbocycles. The Hall–Kier alpha value is -2.32. The van der Waals surface area contributed by atoms with Gasteiger partial charge >= 0.3 is 5.97 Å². The SMILES string of the molecule is COC(=O)c1ccc(CN(c2ccc(F)c(Cl)c2)S(=O)(=O)CCN2CCN(S(C)(=O)=O)CC2)c(F)c1. The van der Waals surface area contributed by atoms with Gasteiger partial charge in [-0.05, 0) is 30.3 Å².